The molecule has 0 bridgehead atoms. The van der Waals surface area contributed by atoms with Gasteiger partial charge in [-0.15, -0.1) is 0 Å². The molecule has 0 saturated carbocycles. The predicted octanol–water partition coefficient (Wildman–Crippen LogP) is 0.0274. The van der Waals surface area contributed by atoms with Gasteiger partial charge in [0.15, 0.2) is 0 Å². The van der Waals surface area contributed by atoms with Crippen LogP contribution in [0.3, 0.4) is 0 Å². The zero-order chi connectivity index (χ0) is 13.7. The molecule has 0 amide bonds. The fourth-order valence-electron chi connectivity index (χ4n) is 2.58. The molecule has 0 atom stereocenters. The van der Waals surface area contributed by atoms with Gasteiger partial charge in [-0.2, -0.15) is 17.0 Å². The number of nitrogens with zero attached hydrogens (tertiary/aromatic N) is 2. The summed E-state index contributed by atoms with van der Waals surface area (Å²) in [5, 5.41) is 3.47. The van der Waals surface area contributed by atoms with E-state index in [-0.39, 0.29) is 0 Å². The average Bonchev–Trinajstić information content (AvgIpc) is 2.46. The Balaban J connectivity index is 1.85. The molecule has 0 aromatic carbocycles. The van der Waals surface area contributed by atoms with Crippen LogP contribution in [-0.2, 0) is 14.9 Å². The number of nitrogens with one attached hydrogen (secondary N) is 1. The lowest BCUT2D eigenvalue weighted by molar-refractivity contribution is 0.0695. The van der Waals surface area contributed by atoms with Gasteiger partial charge in [-0.3, -0.25) is 0 Å². The number of ether oxygens (including phenoxy) is 1. The fourth-order valence-corrected chi connectivity index (χ4v) is 4.19. The molecule has 19 heavy (non-hydrogen) atoms. The van der Waals surface area contributed by atoms with Gasteiger partial charge in [-0.1, -0.05) is 6.92 Å². The highest BCUT2D eigenvalue weighted by Gasteiger charge is 2.33. The zero-order valence-electron chi connectivity index (χ0n) is 11.7. The van der Waals surface area contributed by atoms with E-state index in [9.17, 15) is 8.42 Å². The number of piperidine rings is 1. The first-order valence-corrected chi connectivity index (χ1v) is 8.60. The summed E-state index contributed by atoms with van der Waals surface area (Å²) in [6.45, 7) is 6.39. The normalized spacial score (nSPS) is 24.7. The summed E-state index contributed by atoms with van der Waals surface area (Å²) in [5.41, 5.74) is 0. The van der Waals surface area contributed by atoms with E-state index in [0.717, 1.165) is 25.8 Å². The smallest absolute Gasteiger partial charge is 0.282 e. The van der Waals surface area contributed by atoms with E-state index in [0.29, 0.717) is 45.4 Å². The standard InChI is InChI=1S/C12H25N3O3S/c1-2-5-13-12-3-6-14(7-4-12)19(16,17)15-8-10-18-11-9-15/h12-13H,2-11H2,1H3. The Morgan fingerprint density at radius 2 is 1.68 bits per heavy atom. The van der Waals surface area contributed by atoms with Gasteiger partial charge in [0, 0.05) is 32.2 Å². The minimum absolute atomic E-state index is 0.469. The Morgan fingerprint density at radius 3 is 2.26 bits per heavy atom. The van der Waals surface area contributed by atoms with Crippen molar-refractivity contribution in [3.63, 3.8) is 0 Å². The van der Waals surface area contributed by atoms with Crippen molar-refractivity contribution in [3.05, 3.63) is 0 Å². The third kappa shape index (κ3) is 3.88. The van der Waals surface area contributed by atoms with Crippen LogP contribution in [0.15, 0.2) is 0 Å². The van der Waals surface area contributed by atoms with Crippen molar-refractivity contribution in [2.75, 3.05) is 45.9 Å². The number of hydrogen-bond donors (Lipinski definition) is 1. The molecule has 2 aliphatic heterocycles. The molecule has 0 aliphatic carbocycles. The minimum Gasteiger partial charge on any atom is -0.379 e. The van der Waals surface area contributed by atoms with Gasteiger partial charge in [-0.05, 0) is 25.8 Å². The maximum atomic E-state index is 12.4. The lowest BCUT2D eigenvalue weighted by Crippen LogP contribution is -2.52. The van der Waals surface area contributed by atoms with E-state index in [2.05, 4.69) is 12.2 Å². The van der Waals surface area contributed by atoms with E-state index in [1.165, 1.54) is 0 Å². The van der Waals surface area contributed by atoms with Gasteiger partial charge >= 0.3 is 0 Å². The van der Waals surface area contributed by atoms with Gasteiger partial charge in [0.2, 0.25) is 0 Å². The van der Waals surface area contributed by atoms with Crippen molar-refractivity contribution < 1.29 is 13.2 Å². The summed E-state index contributed by atoms with van der Waals surface area (Å²) in [6, 6.07) is 0.469. The van der Waals surface area contributed by atoms with Crippen molar-refractivity contribution in [3.8, 4) is 0 Å². The Morgan fingerprint density at radius 1 is 1.11 bits per heavy atom. The van der Waals surface area contributed by atoms with E-state index in [1.54, 1.807) is 8.61 Å². The molecule has 0 radical (unpaired) electrons. The lowest BCUT2D eigenvalue weighted by atomic mass is 10.1. The number of morpholine rings is 1. The molecule has 2 fully saturated rings. The van der Waals surface area contributed by atoms with Crippen LogP contribution in [0.2, 0.25) is 0 Å². The molecule has 2 saturated heterocycles. The van der Waals surface area contributed by atoms with Gasteiger partial charge in [0.1, 0.15) is 0 Å². The highest BCUT2D eigenvalue weighted by molar-refractivity contribution is 7.86. The second-order valence-corrected chi connectivity index (χ2v) is 7.08. The van der Waals surface area contributed by atoms with E-state index in [1.807, 2.05) is 0 Å². The quantitative estimate of drug-likeness (QED) is 0.776. The first-order chi connectivity index (χ1) is 9.14. The molecule has 0 unspecified atom stereocenters. The third-order valence-corrected chi connectivity index (χ3v) is 5.80. The summed E-state index contributed by atoms with van der Waals surface area (Å²) in [5.74, 6) is 0. The first kappa shape index (κ1) is 15.2. The van der Waals surface area contributed by atoms with Crippen LogP contribution in [-0.4, -0.2) is 69.0 Å². The largest absolute Gasteiger partial charge is 0.379 e. The van der Waals surface area contributed by atoms with Crippen LogP contribution in [0.1, 0.15) is 26.2 Å². The van der Waals surface area contributed by atoms with Gasteiger partial charge < -0.3 is 10.1 Å². The van der Waals surface area contributed by atoms with Crippen molar-refractivity contribution in [1.29, 1.82) is 0 Å². The highest BCUT2D eigenvalue weighted by Crippen LogP contribution is 2.18. The Bertz CT molecular complexity index is 360. The Hall–Kier alpha value is -0.210. The Labute approximate surface area is 116 Å². The second kappa shape index (κ2) is 6.99. The molecule has 2 rings (SSSR count). The highest BCUT2D eigenvalue weighted by atomic mass is 32.2. The van der Waals surface area contributed by atoms with E-state index >= 15 is 0 Å². The molecule has 2 aliphatic rings. The molecule has 0 aromatic heterocycles. The van der Waals surface area contributed by atoms with Crippen molar-refractivity contribution in [2.45, 2.75) is 32.2 Å². The molecule has 0 aromatic rings. The van der Waals surface area contributed by atoms with Crippen molar-refractivity contribution >= 4 is 10.2 Å². The molecule has 112 valence electrons. The van der Waals surface area contributed by atoms with Gasteiger partial charge in [-0.25, -0.2) is 0 Å². The topological polar surface area (TPSA) is 61.9 Å². The van der Waals surface area contributed by atoms with E-state index < -0.39 is 10.2 Å². The minimum atomic E-state index is -3.27. The number of rotatable bonds is 5. The third-order valence-electron chi connectivity index (χ3n) is 3.76. The fraction of sp³-hybridized carbons (Fsp3) is 1.00. The van der Waals surface area contributed by atoms with Crippen LogP contribution in [0.4, 0.5) is 0 Å². The lowest BCUT2D eigenvalue weighted by Gasteiger charge is -2.36. The second-order valence-electron chi connectivity index (χ2n) is 5.15. The SMILES string of the molecule is CCCNC1CCN(S(=O)(=O)N2CCOCC2)CC1. The maximum absolute atomic E-state index is 12.4. The summed E-state index contributed by atoms with van der Waals surface area (Å²) < 4.78 is 33.3. The summed E-state index contributed by atoms with van der Waals surface area (Å²) in [4.78, 5) is 0. The maximum Gasteiger partial charge on any atom is 0.282 e. The van der Waals surface area contributed by atoms with E-state index in [4.69, 9.17) is 4.74 Å². The van der Waals surface area contributed by atoms with Crippen LogP contribution in [0, 0.1) is 0 Å². The molecule has 6 nitrogen and oxygen atoms in total. The summed E-state index contributed by atoms with van der Waals surface area (Å²) in [7, 11) is -3.27. The molecular formula is C12H25N3O3S. The molecule has 2 heterocycles. The Kier molecular flexibility index (Phi) is 5.58. The first-order valence-electron chi connectivity index (χ1n) is 7.21. The molecule has 7 heteroatoms. The molecular weight excluding hydrogens is 266 g/mol. The van der Waals surface area contributed by atoms with Crippen LogP contribution in [0.5, 0.6) is 0 Å². The number of hydrogen-bond acceptors (Lipinski definition) is 4. The monoisotopic (exact) mass is 291 g/mol. The zero-order valence-corrected chi connectivity index (χ0v) is 12.5. The average molecular weight is 291 g/mol. The summed E-state index contributed by atoms with van der Waals surface area (Å²) >= 11 is 0. The van der Waals surface area contributed by atoms with Gasteiger partial charge in [0.25, 0.3) is 10.2 Å². The van der Waals surface area contributed by atoms with Crippen molar-refractivity contribution in [2.24, 2.45) is 0 Å². The van der Waals surface area contributed by atoms with Crippen LogP contribution < -0.4 is 5.32 Å². The molecule has 1 N–H and O–H groups in total. The molecule has 0 spiro atoms. The van der Waals surface area contributed by atoms with Crippen LogP contribution in [0.25, 0.3) is 0 Å². The van der Waals surface area contributed by atoms with Crippen LogP contribution >= 0.6 is 0 Å². The van der Waals surface area contributed by atoms with Crippen molar-refractivity contribution in [1.82, 2.24) is 13.9 Å². The summed E-state index contributed by atoms with van der Waals surface area (Å²) in [6.07, 6.45) is 2.93. The predicted molar refractivity (Wildman–Crippen MR) is 74.2 cm³/mol. The van der Waals surface area contributed by atoms with Gasteiger partial charge in [0.05, 0.1) is 13.2 Å².